The number of benzene rings is 1. The van der Waals surface area contributed by atoms with Crippen molar-refractivity contribution in [3.63, 3.8) is 0 Å². The third-order valence-corrected chi connectivity index (χ3v) is 7.38. The number of hydrogen-bond acceptors (Lipinski definition) is 8. The van der Waals surface area contributed by atoms with Gasteiger partial charge in [-0.15, -0.1) is 21.5 Å². The van der Waals surface area contributed by atoms with Crippen LogP contribution in [0.1, 0.15) is 30.7 Å². The molecule has 0 unspecified atom stereocenters. The van der Waals surface area contributed by atoms with Gasteiger partial charge in [-0.2, -0.15) is 5.10 Å². The van der Waals surface area contributed by atoms with Crippen LogP contribution in [0, 0.1) is 0 Å². The van der Waals surface area contributed by atoms with Crippen LogP contribution in [0.3, 0.4) is 0 Å². The third-order valence-electron chi connectivity index (χ3n) is 5.56. The van der Waals surface area contributed by atoms with E-state index < -0.39 is 0 Å². The molecule has 0 saturated heterocycles. The molecule has 0 aliphatic carbocycles. The summed E-state index contributed by atoms with van der Waals surface area (Å²) < 4.78 is 12.9. The summed E-state index contributed by atoms with van der Waals surface area (Å²) in [5.74, 6) is 2.39. The first-order valence-corrected chi connectivity index (χ1v) is 12.7. The number of thioether (sulfide) groups is 1. The maximum absolute atomic E-state index is 13.3. The number of hydrazone groups is 1. The second-order valence-electron chi connectivity index (χ2n) is 7.57. The average molecular weight is 494 g/mol. The number of rotatable bonds is 8. The molecule has 1 atom stereocenters. The summed E-state index contributed by atoms with van der Waals surface area (Å²) in [6.07, 6.45) is 2.19. The summed E-state index contributed by atoms with van der Waals surface area (Å²) >= 11 is 2.99. The number of nitrogens with zero attached hydrogens (tertiary/aromatic N) is 5. The molecule has 0 spiro atoms. The highest BCUT2D eigenvalue weighted by atomic mass is 32.2. The van der Waals surface area contributed by atoms with Gasteiger partial charge in [0, 0.05) is 13.0 Å². The fourth-order valence-corrected chi connectivity index (χ4v) is 5.43. The lowest BCUT2D eigenvalue weighted by atomic mass is 10.0. The fourth-order valence-electron chi connectivity index (χ4n) is 3.86. The van der Waals surface area contributed by atoms with Crippen LogP contribution in [0.5, 0.6) is 5.75 Å². The van der Waals surface area contributed by atoms with Crippen LogP contribution in [0.15, 0.2) is 74.8 Å². The number of ether oxygens (including phenoxy) is 1. The maximum atomic E-state index is 13.3. The SMILES string of the molecule is CCn1c(SCC(=O)N2N=C(c3ccc(OC)cc3)C[C@@H]2c2ccco2)nnc1-c1cccs1. The number of carbonyl (C=O) groups is 1. The van der Waals surface area contributed by atoms with Crippen LogP contribution in [0.2, 0.25) is 0 Å². The Balaban J connectivity index is 1.36. The van der Waals surface area contributed by atoms with Crippen molar-refractivity contribution >= 4 is 34.7 Å². The summed E-state index contributed by atoms with van der Waals surface area (Å²) in [5, 5.41) is 17.7. The second-order valence-corrected chi connectivity index (χ2v) is 9.46. The summed E-state index contributed by atoms with van der Waals surface area (Å²) in [5.41, 5.74) is 1.78. The van der Waals surface area contributed by atoms with Gasteiger partial charge in [0.05, 0.1) is 29.7 Å². The first-order chi connectivity index (χ1) is 16.7. The molecule has 8 nitrogen and oxygen atoms in total. The van der Waals surface area contributed by atoms with E-state index in [0.717, 1.165) is 34.3 Å². The van der Waals surface area contributed by atoms with Gasteiger partial charge in [0.25, 0.3) is 5.91 Å². The van der Waals surface area contributed by atoms with E-state index in [0.29, 0.717) is 17.3 Å². The average Bonchev–Trinajstić information content (AvgIpc) is 3.68. The number of hydrogen-bond donors (Lipinski definition) is 0. The first kappa shape index (κ1) is 22.4. The molecule has 1 aliphatic heterocycles. The van der Waals surface area contributed by atoms with E-state index in [4.69, 9.17) is 14.3 Å². The number of aromatic nitrogens is 3. The lowest BCUT2D eigenvalue weighted by Crippen LogP contribution is -2.28. The topological polar surface area (TPSA) is 85.8 Å². The largest absolute Gasteiger partial charge is 0.497 e. The van der Waals surface area contributed by atoms with Crippen molar-refractivity contribution in [2.45, 2.75) is 31.1 Å². The van der Waals surface area contributed by atoms with Crippen molar-refractivity contribution in [3.05, 3.63) is 71.5 Å². The van der Waals surface area contributed by atoms with Gasteiger partial charge in [-0.05, 0) is 60.3 Å². The Bertz CT molecular complexity index is 1280. The molecular weight excluding hydrogens is 470 g/mol. The molecule has 174 valence electrons. The molecular formula is C24H23N5O3S2. The highest BCUT2D eigenvalue weighted by Gasteiger charge is 2.35. The maximum Gasteiger partial charge on any atom is 0.253 e. The molecule has 0 radical (unpaired) electrons. The number of furan rings is 1. The van der Waals surface area contributed by atoms with E-state index in [1.165, 1.54) is 16.8 Å². The highest BCUT2D eigenvalue weighted by Crippen LogP contribution is 2.34. The van der Waals surface area contributed by atoms with Crippen molar-refractivity contribution in [3.8, 4) is 16.5 Å². The standard InChI is InChI=1S/C24H23N5O3S2/c1-3-28-23(21-7-5-13-33-21)25-26-24(28)34-15-22(30)29-19(20-6-4-12-32-20)14-18(27-29)16-8-10-17(31-2)11-9-16/h4-13,19H,3,14-15H2,1-2H3/t19-/m1/s1. The molecule has 1 amide bonds. The minimum absolute atomic E-state index is 0.113. The summed E-state index contributed by atoms with van der Waals surface area (Å²) in [4.78, 5) is 14.4. The van der Waals surface area contributed by atoms with Crippen LogP contribution in [-0.2, 0) is 11.3 Å². The van der Waals surface area contributed by atoms with Gasteiger partial charge in [0.2, 0.25) is 0 Å². The van der Waals surface area contributed by atoms with E-state index in [1.807, 2.05) is 65.4 Å². The third kappa shape index (κ3) is 4.38. The molecule has 4 aromatic rings. The van der Waals surface area contributed by atoms with E-state index in [2.05, 4.69) is 10.2 Å². The number of carbonyl (C=O) groups excluding carboxylic acids is 1. The molecule has 4 heterocycles. The van der Waals surface area contributed by atoms with E-state index >= 15 is 0 Å². The van der Waals surface area contributed by atoms with Crippen LogP contribution < -0.4 is 4.74 Å². The van der Waals surface area contributed by atoms with Crippen molar-refractivity contribution in [1.29, 1.82) is 0 Å². The Kier molecular flexibility index (Phi) is 6.50. The van der Waals surface area contributed by atoms with Gasteiger partial charge < -0.3 is 13.7 Å². The van der Waals surface area contributed by atoms with Crippen molar-refractivity contribution < 1.29 is 13.9 Å². The Morgan fingerprint density at radius 1 is 1.21 bits per heavy atom. The van der Waals surface area contributed by atoms with E-state index in [9.17, 15) is 4.79 Å². The predicted molar refractivity (Wildman–Crippen MR) is 132 cm³/mol. The van der Waals surface area contributed by atoms with Gasteiger partial charge in [-0.25, -0.2) is 5.01 Å². The molecule has 0 fully saturated rings. The fraction of sp³-hybridized carbons (Fsp3) is 0.250. The highest BCUT2D eigenvalue weighted by molar-refractivity contribution is 7.99. The summed E-state index contributed by atoms with van der Waals surface area (Å²) in [6.45, 7) is 2.76. The predicted octanol–water partition coefficient (Wildman–Crippen LogP) is 5.10. The molecule has 0 bridgehead atoms. The lowest BCUT2D eigenvalue weighted by molar-refractivity contribution is -0.130. The van der Waals surface area contributed by atoms with Crippen LogP contribution >= 0.6 is 23.1 Å². The zero-order chi connectivity index (χ0) is 23.5. The minimum Gasteiger partial charge on any atom is -0.497 e. The van der Waals surface area contributed by atoms with Gasteiger partial charge in [-0.3, -0.25) is 4.79 Å². The van der Waals surface area contributed by atoms with Crippen LogP contribution in [-0.4, -0.2) is 44.3 Å². The second kappa shape index (κ2) is 9.86. The number of thiophene rings is 1. The Morgan fingerprint density at radius 2 is 2.06 bits per heavy atom. The molecule has 10 heteroatoms. The van der Waals surface area contributed by atoms with Gasteiger partial charge in [0.1, 0.15) is 17.6 Å². The molecule has 3 aromatic heterocycles. The molecule has 1 aliphatic rings. The molecule has 0 N–H and O–H groups in total. The molecule has 5 rings (SSSR count). The van der Waals surface area contributed by atoms with Gasteiger partial charge in [-0.1, -0.05) is 17.8 Å². The minimum atomic E-state index is -0.286. The normalized spacial score (nSPS) is 15.5. The summed E-state index contributed by atoms with van der Waals surface area (Å²) in [7, 11) is 1.63. The Hall–Kier alpha value is -3.37. The van der Waals surface area contributed by atoms with Gasteiger partial charge in [0.15, 0.2) is 11.0 Å². The monoisotopic (exact) mass is 493 g/mol. The number of amides is 1. The Morgan fingerprint density at radius 3 is 2.74 bits per heavy atom. The van der Waals surface area contributed by atoms with E-state index in [1.54, 1.807) is 24.7 Å². The van der Waals surface area contributed by atoms with Crippen molar-refractivity contribution in [2.24, 2.45) is 5.10 Å². The van der Waals surface area contributed by atoms with Crippen LogP contribution in [0.4, 0.5) is 0 Å². The van der Waals surface area contributed by atoms with Crippen molar-refractivity contribution in [1.82, 2.24) is 19.8 Å². The van der Waals surface area contributed by atoms with Crippen LogP contribution in [0.25, 0.3) is 10.7 Å². The lowest BCUT2D eigenvalue weighted by Gasteiger charge is -2.19. The van der Waals surface area contributed by atoms with E-state index in [-0.39, 0.29) is 17.7 Å². The smallest absolute Gasteiger partial charge is 0.253 e. The quantitative estimate of drug-likeness (QED) is 0.318. The van der Waals surface area contributed by atoms with Gasteiger partial charge >= 0.3 is 0 Å². The number of methoxy groups -OCH3 is 1. The summed E-state index contributed by atoms with van der Waals surface area (Å²) in [6, 6.07) is 15.1. The first-order valence-electron chi connectivity index (χ1n) is 10.8. The molecule has 0 saturated carbocycles. The molecule has 1 aromatic carbocycles. The zero-order valence-corrected chi connectivity index (χ0v) is 20.4. The molecule has 34 heavy (non-hydrogen) atoms. The van der Waals surface area contributed by atoms with Crippen molar-refractivity contribution in [2.75, 3.05) is 12.9 Å². The zero-order valence-electron chi connectivity index (χ0n) is 18.7. The Labute approximate surface area is 205 Å².